The smallest absolute Gasteiger partial charge is 0.127 e. The molecule has 0 amide bonds. The standard InChI is InChI=1S/C61H72N2O2.Hf/c1-39-21-46(52(64)48(23-39)60-33-54(3)27-55(4,34-60)29-56(5,28-54)35-60)42-15-9-11-17-44(42)50-25-41(63-19-13-14-20-63)26-51(62-50)45-18-12-10-16-43(45)47-22-40(2)24-49(53(47)65)61-36-57(6)30-58(7,37-61)32-59(8,31-57)38-61;/h9-12,15-18,21-26,64-65H,13-14,19-20,27-38H2,1-8H3;. The molecule has 5 aromatic rings. The van der Waals surface area contributed by atoms with Gasteiger partial charge in [-0.2, -0.15) is 0 Å². The molecule has 9 fully saturated rings. The van der Waals surface area contributed by atoms with Crippen LogP contribution in [0.15, 0.2) is 84.9 Å². The average molecular weight is 1040 g/mol. The summed E-state index contributed by atoms with van der Waals surface area (Å²) >= 11 is 0. The quantitative estimate of drug-likeness (QED) is 0.160. The Balaban J connectivity index is 0.00000481. The van der Waals surface area contributed by atoms with Crippen LogP contribution in [-0.2, 0) is 36.7 Å². The molecule has 2 N–H and O–H groups in total. The predicted octanol–water partition coefficient (Wildman–Crippen LogP) is 15.7. The number of hydrogen-bond acceptors (Lipinski definition) is 4. The number of aryl methyl sites for hydroxylation is 2. The average Bonchev–Trinajstić information content (AvgIpc) is 3.74. The third-order valence-corrected chi connectivity index (χ3v) is 18.6. The minimum absolute atomic E-state index is 0. The fourth-order valence-corrected chi connectivity index (χ4v) is 19.8. The summed E-state index contributed by atoms with van der Waals surface area (Å²) in [6, 6.07) is 31.0. The van der Waals surface area contributed by atoms with Gasteiger partial charge in [0.15, 0.2) is 0 Å². The fraction of sp³-hybridized carbons (Fsp3) is 0.525. The zero-order valence-corrected chi connectivity index (χ0v) is 44.8. The summed E-state index contributed by atoms with van der Waals surface area (Å²) in [6.07, 6.45) is 17.1. The third-order valence-electron chi connectivity index (χ3n) is 18.6. The summed E-state index contributed by atoms with van der Waals surface area (Å²) in [6.45, 7) is 21.7. The molecule has 1 aromatic heterocycles. The van der Waals surface area contributed by atoms with Crippen molar-refractivity contribution in [2.24, 2.45) is 32.5 Å². The SMILES string of the molecule is Cc1cc(-c2ccccc2-c2cc(N3CCCC3)cc(-c3ccccc3-c3cc(C)cc(C45CC6(C)CC(C)(CC(C)(C6)C4)C5)c3O)n2)c(O)c(C23CC4(C)CC(C)(CC(C)(C4)C2)C3)c1.[Hf]. The Morgan fingerprint density at radius 3 is 1.08 bits per heavy atom. The number of phenols is 2. The molecule has 8 saturated carbocycles. The Morgan fingerprint density at radius 2 is 0.742 bits per heavy atom. The Hall–Kier alpha value is -3.70. The van der Waals surface area contributed by atoms with Crippen LogP contribution in [0.2, 0.25) is 0 Å². The predicted molar refractivity (Wildman–Crippen MR) is 268 cm³/mol. The topological polar surface area (TPSA) is 56.6 Å². The van der Waals surface area contributed by atoms with Gasteiger partial charge in [-0.05, 0) is 183 Å². The number of pyridine rings is 1. The Labute approximate surface area is 414 Å². The maximum Gasteiger partial charge on any atom is 0.127 e. The number of nitrogens with zero attached hydrogens (tertiary/aromatic N) is 2. The minimum Gasteiger partial charge on any atom is -0.507 e. The van der Waals surface area contributed by atoms with E-state index in [-0.39, 0.29) is 36.7 Å². The summed E-state index contributed by atoms with van der Waals surface area (Å²) in [5.74, 6) is 0.924. The second-order valence-electron chi connectivity index (χ2n) is 26.3. The molecule has 0 radical (unpaired) electrons. The molecule has 66 heavy (non-hydrogen) atoms. The fourth-order valence-electron chi connectivity index (χ4n) is 19.8. The summed E-state index contributed by atoms with van der Waals surface area (Å²) in [5.41, 5.74) is 15.5. The number of aromatic nitrogens is 1. The van der Waals surface area contributed by atoms with E-state index in [4.69, 9.17) is 4.98 Å². The van der Waals surface area contributed by atoms with Gasteiger partial charge in [0.05, 0.1) is 11.4 Å². The van der Waals surface area contributed by atoms with Crippen molar-refractivity contribution in [3.05, 3.63) is 107 Å². The molecule has 342 valence electrons. The number of phenolic OH excluding ortho intramolecular Hbond substituents is 2. The molecule has 1 aliphatic heterocycles. The van der Waals surface area contributed by atoms with Gasteiger partial charge in [0.2, 0.25) is 0 Å². The van der Waals surface area contributed by atoms with E-state index in [1.807, 2.05) is 0 Å². The molecule has 14 rings (SSSR count). The van der Waals surface area contributed by atoms with Crippen LogP contribution >= 0.6 is 0 Å². The van der Waals surface area contributed by atoms with Gasteiger partial charge in [-0.25, -0.2) is 4.98 Å². The summed E-state index contributed by atoms with van der Waals surface area (Å²) in [4.78, 5) is 8.16. The van der Waals surface area contributed by atoms with Crippen molar-refractivity contribution in [1.29, 1.82) is 0 Å². The largest absolute Gasteiger partial charge is 0.507 e. The van der Waals surface area contributed by atoms with E-state index in [9.17, 15) is 10.2 Å². The maximum atomic E-state index is 12.8. The van der Waals surface area contributed by atoms with Crippen molar-refractivity contribution in [2.45, 2.75) is 156 Å². The molecular formula is C61H72HfN2O2. The van der Waals surface area contributed by atoms with Crippen molar-refractivity contribution >= 4 is 5.69 Å². The van der Waals surface area contributed by atoms with E-state index in [1.165, 1.54) is 79.3 Å². The Bertz CT molecular complexity index is 2530. The number of rotatable bonds is 7. The van der Waals surface area contributed by atoms with E-state index in [1.54, 1.807) is 0 Å². The number of anilines is 1. The monoisotopic (exact) mass is 1040 g/mol. The Morgan fingerprint density at radius 1 is 0.424 bits per heavy atom. The zero-order chi connectivity index (χ0) is 45.2. The van der Waals surface area contributed by atoms with Gasteiger partial charge in [-0.15, -0.1) is 0 Å². The van der Waals surface area contributed by atoms with Gasteiger partial charge in [0, 0.05) is 88.8 Å². The van der Waals surface area contributed by atoms with Gasteiger partial charge in [0.1, 0.15) is 11.5 Å². The summed E-state index contributed by atoms with van der Waals surface area (Å²) in [5, 5.41) is 25.6. The van der Waals surface area contributed by atoms with Gasteiger partial charge >= 0.3 is 0 Å². The second kappa shape index (κ2) is 14.7. The molecule has 0 atom stereocenters. The molecule has 4 aromatic carbocycles. The van der Waals surface area contributed by atoms with Crippen molar-refractivity contribution in [3.63, 3.8) is 0 Å². The first-order valence-electron chi connectivity index (χ1n) is 25.4. The van der Waals surface area contributed by atoms with Gasteiger partial charge < -0.3 is 15.1 Å². The molecule has 0 spiro atoms. The molecule has 8 aliphatic carbocycles. The van der Waals surface area contributed by atoms with Crippen molar-refractivity contribution < 1.29 is 36.1 Å². The zero-order valence-electron chi connectivity index (χ0n) is 41.2. The van der Waals surface area contributed by atoms with Crippen LogP contribution in [0.1, 0.15) is 154 Å². The Kier molecular flexibility index (Phi) is 9.95. The molecule has 9 aliphatic rings. The van der Waals surface area contributed by atoms with Crippen molar-refractivity contribution in [3.8, 4) is 56.3 Å². The van der Waals surface area contributed by atoms with Crippen LogP contribution in [0.5, 0.6) is 11.5 Å². The molecule has 5 heteroatoms. The van der Waals surface area contributed by atoms with Crippen LogP contribution in [0.25, 0.3) is 44.8 Å². The molecule has 0 unspecified atom stereocenters. The van der Waals surface area contributed by atoms with Crippen LogP contribution in [-0.4, -0.2) is 28.3 Å². The summed E-state index contributed by atoms with van der Waals surface area (Å²) in [7, 11) is 0. The normalized spacial score (nSPS) is 36.0. The van der Waals surface area contributed by atoms with Crippen LogP contribution in [0.3, 0.4) is 0 Å². The third kappa shape index (κ3) is 7.06. The minimum atomic E-state index is -0.0254. The first-order valence-corrected chi connectivity index (χ1v) is 25.4. The molecule has 1 saturated heterocycles. The maximum absolute atomic E-state index is 12.8. The number of hydrogen-bond donors (Lipinski definition) is 2. The molecule has 4 nitrogen and oxygen atoms in total. The van der Waals surface area contributed by atoms with Crippen LogP contribution in [0, 0.1) is 46.3 Å². The van der Waals surface area contributed by atoms with Crippen LogP contribution in [0.4, 0.5) is 5.69 Å². The van der Waals surface area contributed by atoms with E-state index in [0.29, 0.717) is 44.0 Å². The van der Waals surface area contributed by atoms with Crippen LogP contribution < -0.4 is 4.90 Å². The molecule has 8 bridgehead atoms. The number of benzene rings is 4. The second-order valence-corrected chi connectivity index (χ2v) is 26.3. The van der Waals surface area contributed by atoms with Gasteiger partial charge in [-0.1, -0.05) is 102 Å². The first-order chi connectivity index (χ1) is 30.7. The first kappa shape index (κ1) is 44.8. The number of aromatic hydroxyl groups is 2. The van der Waals surface area contributed by atoms with E-state index >= 15 is 0 Å². The van der Waals surface area contributed by atoms with Gasteiger partial charge in [-0.3, -0.25) is 0 Å². The van der Waals surface area contributed by atoms with Crippen molar-refractivity contribution in [2.75, 3.05) is 18.0 Å². The van der Waals surface area contributed by atoms with E-state index < -0.39 is 0 Å². The van der Waals surface area contributed by atoms with E-state index in [0.717, 1.165) is 96.4 Å². The van der Waals surface area contributed by atoms with Gasteiger partial charge in [0.25, 0.3) is 0 Å². The van der Waals surface area contributed by atoms with Crippen molar-refractivity contribution in [1.82, 2.24) is 4.98 Å². The molecule has 2 heterocycles. The molecular weight excluding hydrogens is 971 g/mol. The van der Waals surface area contributed by atoms with E-state index in [2.05, 4.69) is 145 Å². The summed E-state index contributed by atoms with van der Waals surface area (Å²) < 4.78 is 0.